The van der Waals surface area contributed by atoms with E-state index in [4.69, 9.17) is 0 Å². The first-order valence-electron chi connectivity index (χ1n) is 10.3. The molecule has 0 aliphatic heterocycles. The second-order valence-corrected chi connectivity index (χ2v) is 9.80. The van der Waals surface area contributed by atoms with E-state index in [9.17, 15) is 18.0 Å². The molecule has 0 spiro atoms. The molecule has 7 nitrogen and oxygen atoms in total. The van der Waals surface area contributed by atoms with Gasteiger partial charge in [-0.05, 0) is 49.1 Å². The lowest BCUT2D eigenvalue weighted by molar-refractivity contribution is -0.114. The summed E-state index contributed by atoms with van der Waals surface area (Å²) in [4.78, 5) is 25.3. The second-order valence-electron chi connectivity index (χ2n) is 7.89. The van der Waals surface area contributed by atoms with Crippen LogP contribution in [0.4, 0.5) is 11.4 Å². The van der Waals surface area contributed by atoms with Gasteiger partial charge in [-0.25, -0.2) is 8.42 Å². The van der Waals surface area contributed by atoms with E-state index < -0.39 is 22.5 Å². The normalized spacial score (nSPS) is 12.3. The molecule has 2 rings (SSSR count). The molecule has 0 aliphatic rings. The summed E-state index contributed by atoms with van der Waals surface area (Å²) >= 11 is 0. The molecule has 0 aliphatic carbocycles. The number of anilines is 2. The average molecular weight is 446 g/mol. The highest BCUT2D eigenvalue weighted by Crippen LogP contribution is 2.22. The van der Waals surface area contributed by atoms with Crippen LogP contribution in [0.5, 0.6) is 0 Å². The van der Waals surface area contributed by atoms with Crippen molar-refractivity contribution in [2.75, 3.05) is 22.4 Å². The molecule has 1 atom stereocenters. The lowest BCUT2D eigenvalue weighted by Crippen LogP contribution is -2.38. The van der Waals surface area contributed by atoms with Crippen molar-refractivity contribution >= 4 is 33.2 Å². The predicted molar refractivity (Wildman–Crippen MR) is 125 cm³/mol. The first-order valence-corrected chi connectivity index (χ1v) is 12.1. The number of nitrogens with zero attached hydrogens (tertiary/aromatic N) is 1. The lowest BCUT2D eigenvalue weighted by atomic mass is 10.0. The zero-order valence-electron chi connectivity index (χ0n) is 18.7. The zero-order valence-corrected chi connectivity index (χ0v) is 19.5. The minimum absolute atomic E-state index is 0.00852. The fraction of sp³-hybridized carbons (Fsp3) is 0.391. The highest BCUT2D eigenvalue weighted by molar-refractivity contribution is 7.92. The van der Waals surface area contributed by atoms with Crippen LogP contribution >= 0.6 is 0 Å². The second kappa shape index (κ2) is 10.4. The van der Waals surface area contributed by atoms with Gasteiger partial charge in [0, 0.05) is 6.04 Å². The van der Waals surface area contributed by atoms with Gasteiger partial charge in [0.05, 0.1) is 23.2 Å². The van der Waals surface area contributed by atoms with Gasteiger partial charge < -0.3 is 10.6 Å². The number of benzene rings is 2. The van der Waals surface area contributed by atoms with E-state index in [1.807, 2.05) is 39.8 Å². The van der Waals surface area contributed by atoms with Gasteiger partial charge in [-0.15, -0.1) is 0 Å². The fourth-order valence-electron chi connectivity index (χ4n) is 2.94. The van der Waals surface area contributed by atoms with Crippen molar-refractivity contribution in [3.8, 4) is 0 Å². The first-order chi connectivity index (χ1) is 14.5. The van der Waals surface area contributed by atoms with Crippen LogP contribution in [0.15, 0.2) is 48.5 Å². The number of para-hydroxylation sites is 1. The van der Waals surface area contributed by atoms with Crippen molar-refractivity contribution in [3.05, 3.63) is 59.7 Å². The average Bonchev–Trinajstić information content (AvgIpc) is 2.71. The predicted octanol–water partition coefficient (Wildman–Crippen LogP) is 3.74. The van der Waals surface area contributed by atoms with Crippen LogP contribution in [-0.2, 0) is 14.8 Å². The van der Waals surface area contributed by atoms with Gasteiger partial charge in [-0.1, -0.05) is 45.0 Å². The summed E-state index contributed by atoms with van der Waals surface area (Å²) in [5, 5.41) is 5.55. The summed E-state index contributed by atoms with van der Waals surface area (Å²) in [5.74, 6) is -0.529. The van der Waals surface area contributed by atoms with Crippen LogP contribution in [0.1, 0.15) is 56.0 Å². The van der Waals surface area contributed by atoms with Gasteiger partial charge >= 0.3 is 0 Å². The number of amides is 2. The summed E-state index contributed by atoms with van der Waals surface area (Å²) in [6.45, 7) is 7.55. The van der Waals surface area contributed by atoms with Gasteiger partial charge in [-0.2, -0.15) is 0 Å². The molecule has 2 aromatic carbocycles. The molecule has 0 bridgehead atoms. The monoisotopic (exact) mass is 445 g/mol. The highest BCUT2D eigenvalue weighted by atomic mass is 32.2. The highest BCUT2D eigenvalue weighted by Gasteiger charge is 2.22. The molecule has 168 valence electrons. The molecule has 0 unspecified atom stereocenters. The number of sulfonamides is 1. The van der Waals surface area contributed by atoms with Gasteiger partial charge in [-0.3, -0.25) is 13.9 Å². The molecule has 31 heavy (non-hydrogen) atoms. The Labute approximate surface area is 184 Å². The number of hydrogen-bond donors (Lipinski definition) is 2. The maximum atomic E-state index is 12.7. The van der Waals surface area contributed by atoms with E-state index >= 15 is 0 Å². The lowest BCUT2D eigenvalue weighted by Gasteiger charge is -2.23. The van der Waals surface area contributed by atoms with Gasteiger partial charge in [0.15, 0.2) is 0 Å². The Hall–Kier alpha value is -2.87. The summed E-state index contributed by atoms with van der Waals surface area (Å²) in [7, 11) is -3.69. The minimum Gasteiger partial charge on any atom is -0.350 e. The first kappa shape index (κ1) is 24.4. The van der Waals surface area contributed by atoms with Crippen molar-refractivity contribution < 1.29 is 18.0 Å². The van der Waals surface area contributed by atoms with Crippen molar-refractivity contribution in [1.82, 2.24) is 5.32 Å². The van der Waals surface area contributed by atoms with Crippen LogP contribution in [0.3, 0.4) is 0 Å². The smallest absolute Gasteiger partial charge is 0.253 e. The fourth-order valence-corrected chi connectivity index (χ4v) is 3.80. The molecule has 2 amide bonds. The molecule has 0 saturated carbocycles. The Morgan fingerprint density at radius 1 is 1.00 bits per heavy atom. The third kappa shape index (κ3) is 6.82. The Kier molecular flexibility index (Phi) is 8.21. The van der Waals surface area contributed by atoms with Crippen molar-refractivity contribution in [2.45, 2.75) is 46.1 Å². The minimum atomic E-state index is -3.69. The molecule has 8 heteroatoms. The zero-order chi connectivity index (χ0) is 23.2. The van der Waals surface area contributed by atoms with Crippen molar-refractivity contribution in [2.24, 2.45) is 0 Å². The molecule has 0 aromatic heterocycles. The Balaban J connectivity index is 2.22. The van der Waals surface area contributed by atoms with Crippen molar-refractivity contribution in [3.63, 3.8) is 0 Å². The van der Waals surface area contributed by atoms with E-state index in [0.29, 0.717) is 22.9 Å². The van der Waals surface area contributed by atoms with Gasteiger partial charge in [0.2, 0.25) is 15.9 Å². The molecular formula is C23H31N3O4S. The molecular weight excluding hydrogens is 414 g/mol. The molecule has 2 N–H and O–H groups in total. The van der Waals surface area contributed by atoms with Crippen LogP contribution < -0.4 is 14.9 Å². The van der Waals surface area contributed by atoms with E-state index in [2.05, 4.69) is 10.6 Å². The number of carbonyl (C=O) groups is 2. The number of hydrogen-bond acceptors (Lipinski definition) is 4. The van der Waals surface area contributed by atoms with Gasteiger partial charge in [0.25, 0.3) is 5.91 Å². The van der Waals surface area contributed by atoms with E-state index in [1.54, 1.807) is 36.4 Å². The van der Waals surface area contributed by atoms with E-state index in [0.717, 1.165) is 22.5 Å². The SMILES string of the molecule is CC[C@@H](C)NC(=O)c1ccccc1NC(=O)CN(c1ccc(C(C)C)cc1)S(C)(=O)=O. The van der Waals surface area contributed by atoms with Gasteiger partial charge in [0.1, 0.15) is 6.54 Å². The third-order valence-corrected chi connectivity index (χ3v) is 6.11. The maximum Gasteiger partial charge on any atom is 0.253 e. The molecule has 2 aromatic rings. The Morgan fingerprint density at radius 2 is 1.61 bits per heavy atom. The quantitative estimate of drug-likeness (QED) is 0.615. The number of carbonyl (C=O) groups excluding carboxylic acids is 2. The summed E-state index contributed by atoms with van der Waals surface area (Å²) in [6.07, 6.45) is 1.84. The van der Waals surface area contributed by atoms with E-state index in [1.165, 1.54) is 0 Å². The Bertz CT molecular complexity index is 1020. The summed E-state index contributed by atoms with van der Waals surface area (Å²) < 4.78 is 25.7. The Morgan fingerprint density at radius 3 is 2.16 bits per heavy atom. The van der Waals surface area contributed by atoms with Crippen molar-refractivity contribution in [1.29, 1.82) is 0 Å². The van der Waals surface area contributed by atoms with Crippen LogP contribution in [0, 0.1) is 0 Å². The third-order valence-electron chi connectivity index (χ3n) is 4.97. The van der Waals surface area contributed by atoms with Crippen LogP contribution in [-0.4, -0.2) is 39.1 Å². The number of nitrogens with one attached hydrogen (secondary N) is 2. The largest absolute Gasteiger partial charge is 0.350 e. The molecule has 0 saturated heterocycles. The van der Waals surface area contributed by atoms with Crippen LogP contribution in [0.2, 0.25) is 0 Å². The van der Waals surface area contributed by atoms with Crippen LogP contribution in [0.25, 0.3) is 0 Å². The maximum absolute atomic E-state index is 12.7. The van der Waals surface area contributed by atoms with E-state index in [-0.39, 0.29) is 11.9 Å². The standard InChI is InChI=1S/C23H31N3O4S/c1-6-17(4)24-23(28)20-9-7-8-10-21(20)25-22(27)15-26(31(5,29)30)19-13-11-18(12-14-19)16(2)3/h7-14,16-17H,6,15H2,1-5H3,(H,24,28)(H,25,27)/t17-/m1/s1. The summed E-state index contributed by atoms with van der Waals surface area (Å²) in [6, 6.07) is 13.7. The molecule has 0 fully saturated rings. The molecule has 0 heterocycles. The molecule has 0 radical (unpaired) electrons. The summed E-state index contributed by atoms with van der Waals surface area (Å²) in [5.41, 5.74) is 2.13. The number of rotatable bonds is 9. The topological polar surface area (TPSA) is 95.6 Å².